The summed E-state index contributed by atoms with van der Waals surface area (Å²) in [5.41, 5.74) is 0. The van der Waals surface area contributed by atoms with E-state index in [1.165, 1.54) is 31.0 Å². The van der Waals surface area contributed by atoms with Gasteiger partial charge in [-0.1, -0.05) is 26.7 Å². The van der Waals surface area contributed by atoms with Crippen LogP contribution in [-0.4, -0.2) is 20.8 Å². The third-order valence-corrected chi connectivity index (χ3v) is 8.02. The minimum atomic E-state index is -1.34. The van der Waals surface area contributed by atoms with Gasteiger partial charge in [-0.3, -0.25) is 0 Å². The average molecular weight is 237 g/mol. The highest BCUT2D eigenvalue weighted by molar-refractivity contribution is 6.73. The summed E-state index contributed by atoms with van der Waals surface area (Å²) in [6, 6.07) is 3.85. The minimum absolute atomic E-state index is 0.807. The largest absolute Gasteiger partial charge is 0.417 e. The van der Waals surface area contributed by atoms with E-state index in [2.05, 4.69) is 20.8 Å². The monoisotopic (exact) mass is 236 g/mol. The van der Waals surface area contributed by atoms with Gasteiger partial charge in [0.2, 0.25) is 0 Å². The van der Waals surface area contributed by atoms with Crippen LogP contribution in [0.5, 0.6) is 0 Å². The predicted molar refractivity (Wildman–Crippen MR) is 67.7 cm³/mol. The number of rotatable bonds is 9. The smallest absolute Gasteiger partial charge is 0.192 e. The topological polar surface area (TPSA) is 9.23 Å². The minimum Gasteiger partial charge on any atom is -0.417 e. The second kappa shape index (κ2) is 8.75. The van der Waals surface area contributed by atoms with Crippen molar-refractivity contribution in [3.63, 3.8) is 0 Å². The molecule has 0 aromatic carbocycles. The number of hydrogen-bond donors (Lipinski definition) is 0. The molecule has 0 saturated heterocycles. The summed E-state index contributed by atoms with van der Waals surface area (Å²) in [6.07, 6.45) is 3.73. The second-order valence-electron chi connectivity index (χ2n) is 3.82. The van der Waals surface area contributed by atoms with Gasteiger partial charge in [-0.15, -0.1) is 11.6 Å². The lowest BCUT2D eigenvalue weighted by Gasteiger charge is -2.28. The van der Waals surface area contributed by atoms with E-state index in [1.807, 2.05) is 0 Å². The Kier molecular flexibility index (Phi) is 9.04. The Morgan fingerprint density at radius 2 is 1.64 bits per heavy atom. The molecule has 0 rings (SSSR count). The maximum atomic E-state index is 6.01. The van der Waals surface area contributed by atoms with E-state index in [-0.39, 0.29) is 0 Å². The highest BCUT2D eigenvalue weighted by atomic mass is 35.5. The Morgan fingerprint density at radius 1 is 1.00 bits per heavy atom. The molecule has 0 spiro atoms. The molecule has 3 heteroatoms. The van der Waals surface area contributed by atoms with Gasteiger partial charge in [0.25, 0.3) is 0 Å². The van der Waals surface area contributed by atoms with E-state index in [0.29, 0.717) is 0 Å². The fourth-order valence-electron chi connectivity index (χ4n) is 1.90. The number of alkyl halides is 1. The Bertz CT molecular complexity index is 126. The van der Waals surface area contributed by atoms with Crippen LogP contribution in [0.3, 0.4) is 0 Å². The van der Waals surface area contributed by atoms with Gasteiger partial charge in [-0.25, -0.2) is 0 Å². The molecule has 1 nitrogen and oxygen atoms in total. The van der Waals surface area contributed by atoms with Gasteiger partial charge in [0.1, 0.15) is 0 Å². The van der Waals surface area contributed by atoms with Crippen LogP contribution in [0.4, 0.5) is 0 Å². The summed E-state index contributed by atoms with van der Waals surface area (Å²) in [4.78, 5) is 0. The molecule has 0 aromatic heterocycles. The molecule has 0 radical (unpaired) electrons. The SMILES string of the molecule is CCO[Si](CC)(CC)CCCCCCl. The standard InChI is InChI=1S/C11H25ClOSi/c1-4-13-14(5-2,6-3)11-9-7-8-10-12/h4-11H2,1-3H3. The van der Waals surface area contributed by atoms with E-state index in [4.69, 9.17) is 16.0 Å². The fraction of sp³-hybridized carbons (Fsp3) is 1.00. The lowest BCUT2D eigenvalue weighted by atomic mass is 10.3. The molecule has 0 saturated carbocycles. The van der Waals surface area contributed by atoms with Crippen LogP contribution in [-0.2, 0) is 4.43 Å². The second-order valence-corrected chi connectivity index (χ2v) is 8.77. The van der Waals surface area contributed by atoms with Crippen molar-refractivity contribution >= 4 is 19.9 Å². The Labute approximate surface area is 95.3 Å². The van der Waals surface area contributed by atoms with Crippen molar-refractivity contribution in [3.8, 4) is 0 Å². The van der Waals surface area contributed by atoms with Crippen molar-refractivity contribution in [1.29, 1.82) is 0 Å². The molecule has 0 N–H and O–H groups in total. The maximum absolute atomic E-state index is 6.01. The zero-order valence-corrected chi connectivity index (χ0v) is 11.7. The van der Waals surface area contributed by atoms with Crippen molar-refractivity contribution in [1.82, 2.24) is 0 Å². The molecule has 0 aromatic rings. The van der Waals surface area contributed by atoms with Crippen LogP contribution in [0.25, 0.3) is 0 Å². The first kappa shape index (κ1) is 14.5. The van der Waals surface area contributed by atoms with Crippen LogP contribution in [0.1, 0.15) is 40.0 Å². The summed E-state index contributed by atoms with van der Waals surface area (Å²) in [6.45, 7) is 7.58. The zero-order chi connectivity index (χ0) is 10.9. The first-order valence-electron chi connectivity index (χ1n) is 5.94. The molecule has 0 aliphatic heterocycles. The maximum Gasteiger partial charge on any atom is 0.192 e. The molecule has 0 heterocycles. The van der Waals surface area contributed by atoms with Crippen LogP contribution in [0, 0.1) is 0 Å². The van der Waals surface area contributed by atoms with Gasteiger partial charge in [0.05, 0.1) is 0 Å². The van der Waals surface area contributed by atoms with Gasteiger partial charge in [0, 0.05) is 12.5 Å². The van der Waals surface area contributed by atoms with E-state index in [9.17, 15) is 0 Å². The predicted octanol–water partition coefficient (Wildman–Crippen LogP) is 4.42. The van der Waals surface area contributed by atoms with Gasteiger partial charge in [0.15, 0.2) is 8.32 Å². The summed E-state index contributed by atoms with van der Waals surface area (Å²) in [7, 11) is -1.34. The molecular formula is C11H25ClOSi. The summed E-state index contributed by atoms with van der Waals surface area (Å²) >= 11 is 5.66. The third-order valence-electron chi connectivity index (χ3n) is 3.01. The molecule has 0 fully saturated rings. The van der Waals surface area contributed by atoms with Gasteiger partial charge in [-0.2, -0.15) is 0 Å². The highest BCUT2D eigenvalue weighted by Crippen LogP contribution is 2.24. The van der Waals surface area contributed by atoms with Crippen molar-refractivity contribution < 1.29 is 4.43 Å². The number of halogens is 1. The quantitative estimate of drug-likeness (QED) is 0.327. The van der Waals surface area contributed by atoms with Gasteiger partial charge < -0.3 is 4.43 Å². The molecule has 86 valence electrons. The van der Waals surface area contributed by atoms with E-state index in [0.717, 1.165) is 18.9 Å². The molecular weight excluding hydrogens is 212 g/mol. The van der Waals surface area contributed by atoms with E-state index >= 15 is 0 Å². The van der Waals surface area contributed by atoms with E-state index in [1.54, 1.807) is 0 Å². The van der Waals surface area contributed by atoms with Gasteiger partial charge in [-0.05, 0) is 31.5 Å². The first-order chi connectivity index (χ1) is 6.74. The molecule has 0 unspecified atom stereocenters. The molecule has 0 aliphatic carbocycles. The number of unbranched alkanes of at least 4 members (excludes halogenated alkanes) is 2. The Hall–Kier alpha value is 0.467. The molecule has 0 amide bonds. The van der Waals surface area contributed by atoms with Crippen LogP contribution >= 0.6 is 11.6 Å². The highest BCUT2D eigenvalue weighted by Gasteiger charge is 2.29. The first-order valence-corrected chi connectivity index (χ1v) is 9.01. The average Bonchev–Trinajstić information content (AvgIpc) is 2.23. The van der Waals surface area contributed by atoms with Crippen molar-refractivity contribution in [3.05, 3.63) is 0 Å². The molecule has 0 atom stereocenters. The summed E-state index contributed by atoms with van der Waals surface area (Å²) < 4.78 is 6.01. The van der Waals surface area contributed by atoms with Crippen molar-refractivity contribution in [2.24, 2.45) is 0 Å². The third kappa shape index (κ3) is 5.37. The Morgan fingerprint density at radius 3 is 2.07 bits per heavy atom. The number of hydrogen-bond acceptors (Lipinski definition) is 1. The summed E-state index contributed by atoms with van der Waals surface area (Å²) in [5, 5.41) is 0. The normalized spacial score (nSPS) is 12.0. The fourth-order valence-corrected chi connectivity index (χ4v) is 5.36. The molecule has 0 bridgehead atoms. The van der Waals surface area contributed by atoms with Crippen LogP contribution < -0.4 is 0 Å². The van der Waals surface area contributed by atoms with Crippen molar-refractivity contribution in [2.45, 2.75) is 58.2 Å². The van der Waals surface area contributed by atoms with Gasteiger partial charge >= 0.3 is 0 Å². The summed E-state index contributed by atoms with van der Waals surface area (Å²) in [5.74, 6) is 0.807. The Balaban J connectivity index is 3.82. The zero-order valence-electron chi connectivity index (χ0n) is 9.94. The lowest BCUT2D eigenvalue weighted by molar-refractivity contribution is 0.318. The van der Waals surface area contributed by atoms with E-state index < -0.39 is 8.32 Å². The molecule has 14 heavy (non-hydrogen) atoms. The van der Waals surface area contributed by atoms with Crippen molar-refractivity contribution in [2.75, 3.05) is 12.5 Å². The van der Waals surface area contributed by atoms with Crippen LogP contribution in [0.2, 0.25) is 18.1 Å². The lowest BCUT2D eigenvalue weighted by Crippen LogP contribution is -2.36. The molecule has 0 aliphatic rings. The van der Waals surface area contributed by atoms with Crippen LogP contribution in [0.15, 0.2) is 0 Å².